The molecule has 1 aliphatic heterocycles. The molecule has 1 aromatic heterocycles. The van der Waals surface area contributed by atoms with E-state index in [-0.39, 0.29) is 22.5 Å². The Kier molecular flexibility index (Phi) is 4.23. The molecule has 1 aromatic carbocycles. The molecule has 0 N–H and O–H groups in total. The lowest BCUT2D eigenvalue weighted by Gasteiger charge is -2.33. The van der Waals surface area contributed by atoms with Gasteiger partial charge in [0.15, 0.2) is 0 Å². The molecule has 2 fully saturated rings. The SMILES string of the molecule is Cc1ccc(OC2CC3CC2N(C(=O)c2cccc(F)c2Br)C3)nc1. The number of hydrogen-bond acceptors (Lipinski definition) is 3. The summed E-state index contributed by atoms with van der Waals surface area (Å²) < 4.78 is 20.0. The highest BCUT2D eigenvalue weighted by atomic mass is 79.9. The molecule has 2 aromatic rings. The summed E-state index contributed by atoms with van der Waals surface area (Å²) in [5, 5.41) is 0. The molecule has 4 rings (SSSR count). The molecule has 2 heterocycles. The van der Waals surface area contributed by atoms with Crippen LogP contribution in [0.4, 0.5) is 4.39 Å². The number of aromatic nitrogens is 1. The van der Waals surface area contributed by atoms with Crippen LogP contribution < -0.4 is 4.74 Å². The van der Waals surface area contributed by atoms with Crippen molar-refractivity contribution < 1.29 is 13.9 Å². The molecule has 2 bridgehead atoms. The van der Waals surface area contributed by atoms with Crippen LogP contribution in [-0.2, 0) is 0 Å². The van der Waals surface area contributed by atoms with Crippen molar-refractivity contribution in [2.45, 2.75) is 31.9 Å². The Morgan fingerprint density at radius 1 is 1.32 bits per heavy atom. The van der Waals surface area contributed by atoms with E-state index in [1.807, 2.05) is 24.0 Å². The van der Waals surface area contributed by atoms with Gasteiger partial charge in [-0.25, -0.2) is 9.37 Å². The topological polar surface area (TPSA) is 42.4 Å². The first-order valence-electron chi connectivity index (χ1n) is 8.37. The van der Waals surface area contributed by atoms with Crippen molar-refractivity contribution >= 4 is 21.8 Å². The third-order valence-electron chi connectivity index (χ3n) is 5.02. The van der Waals surface area contributed by atoms with Gasteiger partial charge in [-0.1, -0.05) is 12.1 Å². The third-order valence-corrected chi connectivity index (χ3v) is 5.83. The van der Waals surface area contributed by atoms with E-state index in [9.17, 15) is 9.18 Å². The van der Waals surface area contributed by atoms with Crippen molar-refractivity contribution in [2.24, 2.45) is 5.92 Å². The molecular weight excluding hydrogens is 387 g/mol. The second kappa shape index (κ2) is 6.41. The number of piperidine rings is 1. The van der Waals surface area contributed by atoms with E-state index in [1.165, 1.54) is 6.07 Å². The smallest absolute Gasteiger partial charge is 0.255 e. The molecule has 0 spiro atoms. The standard InChI is InChI=1S/C19H18BrFN2O2/c1-11-5-6-17(22-9-11)25-16-8-12-7-15(16)23(10-12)19(24)13-3-2-4-14(21)18(13)20/h2-6,9,12,15-16H,7-8,10H2,1H3. The Balaban J connectivity index is 1.53. The van der Waals surface area contributed by atoms with Gasteiger partial charge in [-0.2, -0.15) is 0 Å². The molecule has 1 amide bonds. The molecule has 6 heteroatoms. The number of amides is 1. The maximum Gasteiger partial charge on any atom is 0.255 e. The summed E-state index contributed by atoms with van der Waals surface area (Å²) in [4.78, 5) is 19.0. The number of ether oxygens (including phenoxy) is 1. The Labute approximate surface area is 154 Å². The Bertz CT molecular complexity index is 812. The fourth-order valence-electron chi connectivity index (χ4n) is 3.83. The Morgan fingerprint density at radius 3 is 2.88 bits per heavy atom. The van der Waals surface area contributed by atoms with Crippen molar-refractivity contribution in [3.8, 4) is 5.88 Å². The van der Waals surface area contributed by atoms with Crippen LogP contribution in [0.15, 0.2) is 41.0 Å². The first-order chi connectivity index (χ1) is 12.0. The minimum Gasteiger partial charge on any atom is -0.472 e. The normalized spacial score (nSPS) is 24.6. The van der Waals surface area contributed by atoms with Crippen molar-refractivity contribution in [1.29, 1.82) is 0 Å². The molecule has 4 nitrogen and oxygen atoms in total. The Hall–Kier alpha value is -1.95. The van der Waals surface area contributed by atoms with Crippen molar-refractivity contribution in [3.63, 3.8) is 0 Å². The molecule has 2 aliphatic rings. The van der Waals surface area contributed by atoms with Gasteiger partial charge in [-0.15, -0.1) is 0 Å². The summed E-state index contributed by atoms with van der Waals surface area (Å²) in [7, 11) is 0. The predicted octanol–water partition coefficient (Wildman–Crippen LogP) is 3.97. The largest absolute Gasteiger partial charge is 0.472 e. The average molecular weight is 405 g/mol. The molecule has 3 unspecified atom stereocenters. The van der Waals surface area contributed by atoms with E-state index < -0.39 is 5.82 Å². The van der Waals surface area contributed by atoms with Crippen LogP contribution in [0, 0.1) is 18.7 Å². The van der Waals surface area contributed by atoms with Crippen molar-refractivity contribution in [2.75, 3.05) is 6.54 Å². The van der Waals surface area contributed by atoms with E-state index in [0.717, 1.165) is 18.4 Å². The number of hydrogen-bond donors (Lipinski definition) is 0. The third kappa shape index (κ3) is 3.03. The summed E-state index contributed by atoms with van der Waals surface area (Å²) in [6, 6.07) is 8.38. The number of halogens is 2. The molecule has 130 valence electrons. The summed E-state index contributed by atoms with van der Waals surface area (Å²) in [5.41, 5.74) is 1.44. The number of fused-ring (bicyclic) bond motifs is 2. The zero-order valence-electron chi connectivity index (χ0n) is 13.8. The fourth-order valence-corrected chi connectivity index (χ4v) is 4.26. The van der Waals surface area contributed by atoms with Gasteiger partial charge in [0.25, 0.3) is 5.91 Å². The van der Waals surface area contributed by atoms with Crippen molar-refractivity contribution in [3.05, 3.63) is 57.9 Å². The summed E-state index contributed by atoms with van der Waals surface area (Å²) in [6.45, 7) is 2.68. The average Bonchev–Trinajstić information content (AvgIpc) is 3.19. The lowest BCUT2D eigenvalue weighted by molar-refractivity contribution is 0.0465. The van der Waals surface area contributed by atoms with Gasteiger partial charge in [-0.3, -0.25) is 4.79 Å². The summed E-state index contributed by atoms with van der Waals surface area (Å²) >= 11 is 3.19. The monoisotopic (exact) mass is 404 g/mol. The summed E-state index contributed by atoms with van der Waals surface area (Å²) in [6.07, 6.45) is 3.56. The zero-order chi connectivity index (χ0) is 17.6. The first kappa shape index (κ1) is 16.5. The first-order valence-corrected chi connectivity index (χ1v) is 9.16. The zero-order valence-corrected chi connectivity index (χ0v) is 15.4. The van der Waals surface area contributed by atoms with Gasteiger partial charge >= 0.3 is 0 Å². The molecule has 1 aliphatic carbocycles. The Morgan fingerprint density at radius 2 is 2.16 bits per heavy atom. The molecular formula is C19H18BrFN2O2. The van der Waals surface area contributed by atoms with Crippen LogP contribution in [-0.4, -0.2) is 34.5 Å². The molecule has 0 radical (unpaired) electrons. The van der Waals surface area contributed by atoms with Crippen LogP contribution in [0.5, 0.6) is 5.88 Å². The lowest BCUT2D eigenvalue weighted by Crippen LogP contribution is -2.47. The van der Waals surface area contributed by atoms with Crippen LogP contribution in [0.1, 0.15) is 28.8 Å². The number of pyridine rings is 1. The molecule has 25 heavy (non-hydrogen) atoms. The second-order valence-corrected chi connectivity index (χ2v) is 7.59. The van der Waals surface area contributed by atoms with Gasteiger partial charge in [0.1, 0.15) is 11.9 Å². The van der Waals surface area contributed by atoms with E-state index in [2.05, 4.69) is 20.9 Å². The van der Waals surface area contributed by atoms with Crippen LogP contribution in [0.3, 0.4) is 0 Å². The molecule has 1 saturated heterocycles. The maximum atomic E-state index is 13.8. The van der Waals surface area contributed by atoms with Gasteiger partial charge in [-0.05, 0) is 59.3 Å². The molecule has 1 saturated carbocycles. The van der Waals surface area contributed by atoms with E-state index in [0.29, 0.717) is 23.9 Å². The minimum absolute atomic E-state index is 0.00997. The quantitative estimate of drug-likeness (QED) is 0.776. The highest BCUT2D eigenvalue weighted by molar-refractivity contribution is 9.10. The van der Waals surface area contributed by atoms with Crippen LogP contribution in [0.25, 0.3) is 0 Å². The van der Waals surface area contributed by atoms with Crippen molar-refractivity contribution in [1.82, 2.24) is 9.88 Å². The second-order valence-electron chi connectivity index (χ2n) is 6.79. The number of rotatable bonds is 3. The van der Waals surface area contributed by atoms with Gasteiger partial charge in [0.2, 0.25) is 5.88 Å². The van der Waals surface area contributed by atoms with Crippen LogP contribution >= 0.6 is 15.9 Å². The highest BCUT2D eigenvalue weighted by Crippen LogP contribution is 2.40. The van der Waals surface area contributed by atoms with E-state index in [4.69, 9.17) is 4.74 Å². The maximum absolute atomic E-state index is 13.8. The van der Waals surface area contributed by atoms with Crippen LogP contribution in [0.2, 0.25) is 0 Å². The fraction of sp³-hybridized carbons (Fsp3) is 0.368. The van der Waals surface area contributed by atoms with E-state index in [1.54, 1.807) is 18.3 Å². The number of aryl methyl sites for hydroxylation is 1. The number of likely N-dealkylation sites (tertiary alicyclic amines) is 1. The number of nitrogens with zero attached hydrogens (tertiary/aromatic N) is 2. The predicted molar refractivity (Wildman–Crippen MR) is 95.0 cm³/mol. The highest BCUT2D eigenvalue weighted by Gasteiger charge is 2.48. The number of carbonyl (C=O) groups is 1. The lowest BCUT2D eigenvalue weighted by atomic mass is 10.1. The van der Waals surface area contributed by atoms with Gasteiger partial charge in [0.05, 0.1) is 16.1 Å². The number of carbonyl (C=O) groups excluding carboxylic acids is 1. The minimum atomic E-state index is -0.424. The number of benzene rings is 1. The molecule has 3 atom stereocenters. The van der Waals surface area contributed by atoms with E-state index >= 15 is 0 Å². The summed E-state index contributed by atoms with van der Waals surface area (Å²) in [5.74, 6) is 0.440. The van der Waals surface area contributed by atoms with Gasteiger partial charge in [0, 0.05) is 18.8 Å². The van der Waals surface area contributed by atoms with Gasteiger partial charge < -0.3 is 9.64 Å².